The Hall–Kier alpha value is -3.12. The summed E-state index contributed by atoms with van der Waals surface area (Å²) in [4.78, 5) is 6.47. The summed E-state index contributed by atoms with van der Waals surface area (Å²) in [5.74, 6) is -3.56. The summed E-state index contributed by atoms with van der Waals surface area (Å²) in [5.41, 5.74) is 0.873. The Kier molecular flexibility index (Phi) is 5.09. The van der Waals surface area contributed by atoms with E-state index in [2.05, 4.69) is 25.5 Å². The van der Waals surface area contributed by atoms with Crippen molar-refractivity contribution in [2.75, 3.05) is 29.9 Å². The minimum absolute atomic E-state index is 0.0555. The van der Waals surface area contributed by atoms with Crippen molar-refractivity contribution in [3.8, 4) is 5.75 Å². The third-order valence-electron chi connectivity index (χ3n) is 6.21. The minimum atomic E-state index is -5.70. The van der Waals surface area contributed by atoms with Crippen LogP contribution < -0.4 is 15.0 Å². The highest BCUT2D eigenvalue weighted by Gasteiger charge is 2.58. The van der Waals surface area contributed by atoms with Gasteiger partial charge in [0.15, 0.2) is 18.0 Å². The molecule has 1 unspecified atom stereocenters. The molecule has 2 fully saturated rings. The fourth-order valence-corrected chi connectivity index (χ4v) is 4.59. The van der Waals surface area contributed by atoms with Crippen molar-refractivity contribution < 1.29 is 31.2 Å². The van der Waals surface area contributed by atoms with Gasteiger partial charge in [-0.25, -0.2) is 4.52 Å². The predicted octanol–water partition coefficient (Wildman–Crippen LogP) is 3.93. The molecule has 1 saturated heterocycles. The number of aromatic nitrogens is 4. The largest absolute Gasteiger partial charge is 0.483 e. The van der Waals surface area contributed by atoms with Crippen LogP contribution in [0.3, 0.4) is 0 Å². The molecule has 1 aliphatic heterocycles. The topological polar surface area (TPSA) is 80.7 Å². The molecule has 33 heavy (non-hydrogen) atoms. The van der Waals surface area contributed by atoms with Gasteiger partial charge in [0.2, 0.25) is 11.8 Å². The molecular weight excluding hydrogens is 451 g/mol. The lowest BCUT2D eigenvalue weighted by molar-refractivity contribution is -0.289. The second-order valence-electron chi connectivity index (χ2n) is 8.55. The highest BCUT2D eigenvalue weighted by molar-refractivity contribution is 5.56. The first-order valence-corrected chi connectivity index (χ1v) is 10.5. The molecule has 3 atom stereocenters. The molecule has 5 rings (SSSR count). The van der Waals surface area contributed by atoms with Gasteiger partial charge in [0, 0.05) is 31.4 Å². The molecule has 0 spiro atoms. The van der Waals surface area contributed by atoms with E-state index in [9.17, 15) is 22.0 Å². The minimum Gasteiger partial charge on any atom is -0.483 e. The van der Waals surface area contributed by atoms with Gasteiger partial charge in [-0.2, -0.15) is 26.9 Å². The van der Waals surface area contributed by atoms with Crippen molar-refractivity contribution in [1.29, 1.82) is 0 Å². The number of fused-ring (bicyclic) bond motifs is 3. The van der Waals surface area contributed by atoms with E-state index in [-0.39, 0.29) is 23.4 Å². The molecule has 3 aromatic rings. The number of piperidine rings is 1. The fraction of sp³-hybridized carbons (Fsp3) is 0.550. The number of anilines is 2. The van der Waals surface area contributed by atoms with Crippen LogP contribution in [-0.4, -0.2) is 57.6 Å². The zero-order chi connectivity index (χ0) is 23.4. The summed E-state index contributed by atoms with van der Waals surface area (Å²) in [7, 11) is 0. The number of ether oxygens (including phenoxy) is 1. The van der Waals surface area contributed by atoms with E-state index < -0.39 is 18.7 Å². The Morgan fingerprint density at radius 1 is 1.18 bits per heavy atom. The molecule has 13 heteroatoms. The lowest BCUT2D eigenvalue weighted by Crippen LogP contribution is -2.48. The molecule has 8 nitrogen and oxygen atoms in total. The quantitative estimate of drug-likeness (QED) is 0.545. The molecule has 0 radical (unpaired) electrons. The maximum Gasteiger partial charge on any atom is 0.456 e. The van der Waals surface area contributed by atoms with E-state index in [1.165, 1.54) is 22.8 Å². The van der Waals surface area contributed by atoms with Gasteiger partial charge < -0.3 is 19.5 Å². The molecule has 0 amide bonds. The Morgan fingerprint density at radius 2 is 1.91 bits per heavy atom. The second-order valence-corrected chi connectivity index (χ2v) is 8.55. The van der Waals surface area contributed by atoms with E-state index in [0.29, 0.717) is 11.8 Å². The maximum absolute atomic E-state index is 13.3. The summed E-state index contributed by atoms with van der Waals surface area (Å²) >= 11 is 0. The fourth-order valence-electron chi connectivity index (χ4n) is 4.59. The Morgan fingerprint density at radius 3 is 2.55 bits per heavy atom. The lowest BCUT2D eigenvalue weighted by atomic mass is 9.92. The van der Waals surface area contributed by atoms with Crippen LogP contribution in [-0.2, 0) is 0 Å². The number of aryl methyl sites for hydroxylation is 1. The van der Waals surface area contributed by atoms with Gasteiger partial charge in [0.05, 0.1) is 5.69 Å². The SMILES string of the molecule is Cc1cc(N2C[C@H]3CC[C@@H](C2)C3Nc2nc3c(OCC(F)(F)C(F)(F)F)cccn3n2)on1. The Labute approximate surface area is 184 Å². The number of nitrogens with one attached hydrogen (secondary N) is 1. The summed E-state index contributed by atoms with van der Waals surface area (Å²) in [6.07, 6.45) is -2.15. The first-order valence-electron chi connectivity index (χ1n) is 10.5. The molecule has 0 aromatic carbocycles. The van der Waals surface area contributed by atoms with Gasteiger partial charge in [-0.1, -0.05) is 5.16 Å². The molecule has 1 aliphatic carbocycles. The average Bonchev–Trinajstić information content (AvgIpc) is 3.41. The monoisotopic (exact) mass is 472 g/mol. The summed E-state index contributed by atoms with van der Waals surface area (Å²) in [5, 5.41) is 11.6. The van der Waals surface area contributed by atoms with Gasteiger partial charge in [-0.3, -0.25) is 0 Å². The van der Waals surface area contributed by atoms with Gasteiger partial charge in [-0.15, -0.1) is 5.10 Å². The van der Waals surface area contributed by atoms with Crippen LogP contribution >= 0.6 is 0 Å². The third-order valence-corrected chi connectivity index (χ3v) is 6.21. The summed E-state index contributed by atoms with van der Waals surface area (Å²) in [6, 6.07) is 4.72. The van der Waals surface area contributed by atoms with Gasteiger partial charge >= 0.3 is 12.1 Å². The zero-order valence-corrected chi connectivity index (χ0v) is 17.5. The van der Waals surface area contributed by atoms with E-state index >= 15 is 0 Å². The average molecular weight is 472 g/mol. The summed E-state index contributed by atoms with van der Waals surface area (Å²) < 4.78 is 75.3. The lowest BCUT2D eigenvalue weighted by Gasteiger charge is -2.37. The van der Waals surface area contributed by atoms with E-state index in [1.807, 2.05) is 13.0 Å². The highest BCUT2D eigenvalue weighted by Crippen LogP contribution is 2.40. The second kappa shape index (κ2) is 7.73. The first-order chi connectivity index (χ1) is 15.6. The zero-order valence-electron chi connectivity index (χ0n) is 17.5. The van der Waals surface area contributed by atoms with Crippen molar-refractivity contribution in [3.05, 3.63) is 30.1 Å². The molecule has 2 bridgehead atoms. The van der Waals surface area contributed by atoms with E-state index in [1.54, 1.807) is 0 Å². The standard InChI is InChI=1S/C20H21F5N6O2/c1-11-7-15(33-29-11)30-8-12-4-5-13(9-30)16(12)26-18-27-17-14(3-2-6-31(17)28-18)32-10-19(21,22)20(23,24)25/h2-3,6-7,12-13,16H,4-5,8-10H2,1H3,(H,26,28)/t12-,13+,16?. The number of nitrogens with zero attached hydrogens (tertiary/aromatic N) is 5. The molecule has 1 saturated carbocycles. The van der Waals surface area contributed by atoms with E-state index in [4.69, 9.17) is 9.26 Å². The van der Waals surface area contributed by atoms with Crippen LogP contribution in [0.5, 0.6) is 5.75 Å². The van der Waals surface area contributed by atoms with Gasteiger partial charge in [0.25, 0.3) is 0 Å². The normalized spacial score (nSPS) is 23.3. The van der Waals surface area contributed by atoms with Crippen molar-refractivity contribution in [3.63, 3.8) is 0 Å². The van der Waals surface area contributed by atoms with Gasteiger partial charge in [-0.05, 0) is 43.7 Å². The molecule has 4 heterocycles. The van der Waals surface area contributed by atoms with E-state index in [0.717, 1.165) is 37.5 Å². The van der Waals surface area contributed by atoms with Crippen LogP contribution in [0, 0.1) is 18.8 Å². The number of hydrogen-bond acceptors (Lipinski definition) is 7. The van der Waals surface area contributed by atoms with Crippen molar-refractivity contribution in [1.82, 2.24) is 19.8 Å². The van der Waals surface area contributed by atoms with Crippen molar-refractivity contribution in [2.24, 2.45) is 11.8 Å². The number of alkyl halides is 5. The summed E-state index contributed by atoms with van der Waals surface area (Å²) in [6.45, 7) is 1.58. The Balaban J connectivity index is 1.30. The van der Waals surface area contributed by atoms with Crippen molar-refractivity contribution >= 4 is 17.5 Å². The van der Waals surface area contributed by atoms with Crippen molar-refractivity contribution in [2.45, 2.75) is 37.9 Å². The maximum atomic E-state index is 13.3. The number of halogens is 5. The highest BCUT2D eigenvalue weighted by atomic mass is 19.4. The number of hydrogen-bond donors (Lipinski definition) is 1. The first kappa shape index (κ1) is 21.7. The van der Waals surface area contributed by atoms with Crippen LogP contribution in [0.25, 0.3) is 5.65 Å². The molecule has 3 aromatic heterocycles. The van der Waals surface area contributed by atoms with Crippen LogP contribution in [0.4, 0.5) is 33.8 Å². The molecular formula is C20H21F5N6O2. The molecule has 178 valence electrons. The predicted molar refractivity (Wildman–Crippen MR) is 107 cm³/mol. The Bertz CT molecular complexity index is 1130. The van der Waals surface area contributed by atoms with Crippen LogP contribution in [0.15, 0.2) is 28.9 Å². The molecule has 1 N–H and O–H groups in total. The number of pyridine rings is 1. The molecule has 2 aliphatic rings. The van der Waals surface area contributed by atoms with Crippen LogP contribution in [0.1, 0.15) is 18.5 Å². The van der Waals surface area contributed by atoms with Crippen LogP contribution in [0.2, 0.25) is 0 Å². The number of rotatable bonds is 6. The van der Waals surface area contributed by atoms with Gasteiger partial charge in [0.1, 0.15) is 0 Å². The smallest absolute Gasteiger partial charge is 0.456 e. The third kappa shape index (κ3) is 4.04.